The Morgan fingerprint density at radius 3 is 1.50 bits per heavy atom. The molecule has 16 heteroatoms. The summed E-state index contributed by atoms with van der Waals surface area (Å²) >= 11 is 0. The fourth-order valence-corrected chi connectivity index (χ4v) is 6.48. The SMILES string of the molecule is COc1ccccc1NC(=O)Nc1cc(C(=O)Nc2cccc3cc(S(=O)(=O)O)ccc23)cc(C(=O)Nc2cccc3cc(S(=O)(=O)O)ccc23)c1. The van der Waals surface area contributed by atoms with Gasteiger partial charge in [-0.15, -0.1) is 0 Å². The van der Waals surface area contributed by atoms with Crippen LogP contribution >= 0.6 is 0 Å². The van der Waals surface area contributed by atoms with Gasteiger partial charge in [0.15, 0.2) is 0 Å². The lowest BCUT2D eigenvalue weighted by Gasteiger charge is -2.15. The molecule has 0 unspecified atom stereocenters. The molecule has 52 heavy (non-hydrogen) atoms. The van der Waals surface area contributed by atoms with Crippen LogP contribution in [0.2, 0.25) is 0 Å². The average molecular weight is 741 g/mol. The minimum Gasteiger partial charge on any atom is -0.495 e. The maximum Gasteiger partial charge on any atom is 0.323 e. The van der Waals surface area contributed by atoms with Gasteiger partial charge in [-0.2, -0.15) is 16.8 Å². The zero-order valence-electron chi connectivity index (χ0n) is 26.9. The number of carbonyl (C=O) groups excluding carboxylic acids is 3. The highest BCUT2D eigenvalue weighted by molar-refractivity contribution is 7.86. The van der Waals surface area contributed by atoms with E-state index >= 15 is 0 Å². The fraction of sp³-hybridized carbons (Fsp3) is 0.0278. The topological polar surface area (TPSA) is 217 Å². The largest absolute Gasteiger partial charge is 0.495 e. The summed E-state index contributed by atoms with van der Waals surface area (Å²) in [6, 6.07) is 27.2. The molecule has 14 nitrogen and oxygen atoms in total. The number of benzene rings is 6. The van der Waals surface area contributed by atoms with Crippen LogP contribution in [0.3, 0.4) is 0 Å². The quantitative estimate of drug-likeness (QED) is 0.0868. The third kappa shape index (κ3) is 7.85. The number of methoxy groups -OCH3 is 1. The van der Waals surface area contributed by atoms with E-state index in [1.165, 1.54) is 61.7 Å². The highest BCUT2D eigenvalue weighted by atomic mass is 32.2. The smallest absolute Gasteiger partial charge is 0.323 e. The van der Waals surface area contributed by atoms with Crippen LogP contribution in [0.15, 0.2) is 125 Å². The zero-order valence-corrected chi connectivity index (χ0v) is 28.6. The summed E-state index contributed by atoms with van der Waals surface area (Å²) in [6.45, 7) is 0. The molecule has 0 aliphatic heterocycles. The van der Waals surface area contributed by atoms with Crippen LogP contribution in [-0.4, -0.2) is 50.9 Å². The Morgan fingerprint density at radius 2 is 1.02 bits per heavy atom. The summed E-state index contributed by atoms with van der Waals surface area (Å²) < 4.78 is 70.9. The molecular formula is C36H28N4O10S2. The lowest BCUT2D eigenvalue weighted by Crippen LogP contribution is -2.21. The van der Waals surface area contributed by atoms with Crippen molar-refractivity contribution in [3.8, 4) is 5.75 Å². The summed E-state index contributed by atoms with van der Waals surface area (Å²) in [5.74, 6) is -0.974. The van der Waals surface area contributed by atoms with Crippen LogP contribution in [0.5, 0.6) is 5.75 Å². The number of nitrogens with one attached hydrogen (secondary N) is 4. The Bertz CT molecular complexity index is 2500. The molecule has 0 spiro atoms. The molecule has 0 fully saturated rings. The molecule has 0 saturated carbocycles. The molecule has 6 N–H and O–H groups in total. The van der Waals surface area contributed by atoms with Gasteiger partial charge in [-0.3, -0.25) is 18.7 Å². The van der Waals surface area contributed by atoms with Crippen LogP contribution < -0.4 is 26.0 Å². The van der Waals surface area contributed by atoms with Crippen molar-refractivity contribution in [1.82, 2.24) is 0 Å². The molecule has 6 rings (SSSR count). The number of hydrogen-bond acceptors (Lipinski definition) is 8. The van der Waals surface area contributed by atoms with Crippen LogP contribution in [0.25, 0.3) is 21.5 Å². The monoisotopic (exact) mass is 740 g/mol. The minimum atomic E-state index is -4.47. The molecule has 264 valence electrons. The number of rotatable bonds is 9. The highest BCUT2D eigenvalue weighted by Gasteiger charge is 2.19. The maximum atomic E-state index is 13.7. The molecule has 0 heterocycles. The number of anilines is 4. The first-order chi connectivity index (χ1) is 24.7. The van der Waals surface area contributed by atoms with E-state index < -0.39 is 38.1 Å². The van der Waals surface area contributed by atoms with E-state index in [1.54, 1.807) is 60.7 Å². The van der Waals surface area contributed by atoms with Crippen molar-refractivity contribution in [2.45, 2.75) is 9.79 Å². The number of hydrogen-bond donors (Lipinski definition) is 6. The van der Waals surface area contributed by atoms with Crippen LogP contribution in [0.4, 0.5) is 27.5 Å². The summed E-state index contributed by atoms with van der Waals surface area (Å²) in [6.07, 6.45) is 0. The van der Waals surface area contributed by atoms with Gasteiger partial charge in [-0.25, -0.2) is 4.79 Å². The first-order valence-electron chi connectivity index (χ1n) is 15.2. The summed E-state index contributed by atoms with van der Waals surface area (Å²) in [5.41, 5.74) is 0.933. The van der Waals surface area contributed by atoms with Crippen molar-refractivity contribution in [3.63, 3.8) is 0 Å². The summed E-state index contributed by atoms with van der Waals surface area (Å²) in [7, 11) is -7.50. The summed E-state index contributed by atoms with van der Waals surface area (Å²) in [4.78, 5) is 39.9. The standard InChI is InChI=1S/C36H28N4O10S2/c1-50-33-11-3-2-8-32(33)40-36(43)37-25-17-23(34(41)38-30-9-4-6-21-19-26(51(44,45)46)12-14-28(21)30)16-24(18-25)35(42)39-31-10-5-7-22-20-27(52(47,48)49)13-15-29(22)31/h2-20H,1H3,(H,38,41)(H,39,42)(H2,37,40,43)(H,44,45,46)(H,47,48,49). The maximum absolute atomic E-state index is 13.7. The van der Waals surface area contributed by atoms with Crippen LogP contribution in [0, 0.1) is 0 Å². The average Bonchev–Trinajstić information content (AvgIpc) is 3.10. The van der Waals surface area contributed by atoms with Crippen molar-refractivity contribution in [3.05, 3.63) is 126 Å². The number of urea groups is 1. The van der Waals surface area contributed by atoms with Gasteiger partial charge >= 0.3 is 6.03 Å². The molecule has 4 amide bonds. The predicted octanol–water partition coefficient (Wildman–Crippen LogP) is 6.64. The highest BCUT2D eigenvalue weighted by Crippen LogP contribution is 2.29. The number of para-hydroxylation sites is 2. The molecule has 0 aliphatic rings. The van der Waals surface area contributed by atoms with E-state index in [1.807, 2.05) is 0 Å². The second-order valence-electron chi connectivity index (χ2n) is 11.3. The van der Waals surface area contributed by atoms with Crippen molar-refractivity contribution in [2.75, 3.05) is 28.4 Å². The second kappa shape index (κ2) is 14.1. The first-order valence-corrected chi connectivity index (χ1v) is 18.1. The lowest BCUT2D eigenvalue weighted by atomic mass is 10.1. The predicted molar refractivity (Wildman–Crippen MR) is 196 cm³/mol. The number of carbonyl (C=O) groups is 3. The molecule has 6 aromatic rings. The van der Waals surface area contributed by atoms with Crippen LogP contribution in [0.1, 0.15) is 20.7 Å². The Balaban J connectivity index is 1.34. The molecule has 0 atom stereocenters. The number of fused-ring (bicyclic) bond motifs is 2. The Labute approximate surface area is 296 Å². The van der Waals surface area contributed by atoms with Gasteiger partial charge in [0.1, 0.15) is 5.75 Å². The molecule has 6 aromatic carbocycles. The van der Waals surface area contributed by atoms with Crippen LogP contribution in [-0.2, 0) is 20.2 Å². The Morgan fingerprint density at radius 1 is 0.538 bits per heavy atom. The number of ether oxygens (including phenoxy) is 1. The molecule has 0 radical (unpaired) electrons. The molecule has 0 bridgehead atoms. The second-order valence-corrected chi connectivity index (χ2v) is 14.2. The molecule has 0 saturated heterocycles. The van der Waals surface area contributed by atoms with Gasteiger partial charge in [-0.05, 0) is 77.5 Å². The van der Waals surface area contributed by atoms with Crippen molar-refractivity contribution >= 4 is 82.4 Å². The molecule has 0 aliphatic carbocycles. The third-order valence-electron chi connectivity index (χ3n) is 7.87. The Kier molecular flexibility index (Phi) is 9.64. The van der Waals surface area contributed by atoms with Gasteiger partial charge in [-0.1, -0.05) is 48.5 Å². The normalized spacial score (nSPS) is 11.5. The van der Waals surface area contributed by atoms with Crippen molar-refractivity contribution in [2.24, 2.45) is 0 Å². The van der Waals surface area contributed by atoms with Gasteiger partial charge < -0.3 is 26.0 Å². The Hall–Kier alpha value is -6.33. The van der Waals surface area contributed by atoms with E-state index in [0.717, 1.165) is 0 Å². The van der Waals surface area contributed by atoms with Crippen molar-refractivity contribution in [1.29, 1.82) is 0 Å². The van der Waals surface area contributed by atoms with E-state index in [0.29, 0.717) is 44.4 Å². The van der Waals surface area contributed by atoms with E-state index in [9.17, 15) is 40.3 Å². The van der Waals surface area contributed by atoms with E-state index in [-0.39, 0.29) is 26.6 Å². The number of amides is 4. The van der Waals surface area contributed by atoms with E-state index in [2.05, 4.69) is 21.3 Å². The zero-order chi connectivity index (χ0) is 37.2. The summed E-state index contributed by atoms with van der Waals surface area (Å²) in [5, 5.41) is 12.5. The molecule has 0 aromatic heterocycles. The fourth-order valence-electron chi connectivity index (χ4n) is 5.45. The van der Waals surface area contributed by atoms with Gasteiger partial charge in [0.25, 0.3) is 32.1 Å². The minimum absolute atomic E-state index is 0.0393. The van der Waals surface area contributed by atoms with Gasteiger partial charge in [0.2, 0.25) is 0 Å². The lowest BCUT2D eigenvalue weighted by molar-refractivity contribution is 0.102. The van der Waals surface area contributed by atoms with Gasteiger partial charge in [0, 0.05) is 39.0 Å². The van der Waals surface area contributed by atoms with E-state index in [4.69, 9.17) is 4.74 Å². The van der Waals surface area contributed by atoms with Gasteiger partial charge in [0.05, 0.1) is 22.6 Å². The first kappa shape index (κ1) is 35.5. The van der Waals surface area contributed by atoms with Crippen molar-refractivity contribution < 1.29 is 45.1 Å². The molecular weight excluding hydrogens is 713 g/mol. The third-order valence-corrected chi connectivity index (χ3v) is 9.57.